The second-order valence-electron chi connectivity index (χ2n) is 7.78. The monoisotopic (exact) mass is 422 g/mol. The number of aliphatic hydroxyl groups is 2. The van der Waals surface area contributed by atoms with Gasteiger partial charge >= 0.3 is 17.9 Å². The quantitative estimate of drug-likeness (QED) is 0.297. The summed E-state index contributed by atoms with van der Waals surface area (Å²) >= 11 is 0. The first-order chi connectivity index (χ1) is 14.2. The number of carbonyl (C=O) groups excluding carboxylic acids is 3. The maximum absolute atomic E-state index is 12.5. The number of carbonyl (C=O) groups is 3. The molecule has 0 aromatic heterocycles. The minimum Gasteiger partial charge on any atom is -0.458 e. The van der Waals surface area contributed by atoms with Crippen molar-refractivity contribution in [1.29, 1.82) is 0 Å². The number of fused-ring (bicyclic) bond motifs is 1. The Hall–Kier alpha value is -2.45. The van der Waals surface area contributed by atoms with Gasteiger partial charge in [0.2, 0.25) is 0 Å². The minimum atomic E-state index is -0.745. The van der Waals surface area contributed by atoms with Crippen molar-refractivity contribution >= 4 is 17.9 Å². The third-order valence-corrected chi connectivity index (χ3v) is 5.49. The van der Waals surface area contributed by atoms with Crippen molar-refractivity contribution < 1.29 is 38.8 Å². The van der Waals surface area contributed by atoms with Gasteiger partial charge in [0.1, 0.15) is 18.3 Å². The molecule has 166 valence electrons. The van der Waals surface area contributed by atoms with E-state index in [-0.39, 0.29) is 5.57 Å². The lowest BCUT2D eigenvalue weighted by atomic mass is 9.82. The van der Waals surface area contributed by atoms with Crippen LogP contribution in [-0.2, 0) is 28.6 Å². The van der Waals surface area contributed by atoms with Gasteiger partial charge in [0.05, 0.1) is 30.6 Å². The molecule has 8 heteroatoms. The standard InChI is InChI=1S/C22H30O8/c1-12-5-6-17(28-15(4)25)13(2)10-19-20(14(3)21(26)29-19)18(9-12)30-22(27)16(11-24)7-8-23/h5,7,10,14,17-20,23-24H,6,8-9,11H2,1-4H3. The molecule has 0 bridgehead atoms. The van der Waals surface area contributed by atoms with Gasteiger partial charge in [0.15, 0.2) is 0 Å². The fourth-order valence-electron chi connectivity index (χ4n) is 3.84. The summed E-state index contributed by atoms with van der Waals surface area (Å²) in [6.07, 6.45) is 3.87. The average Bonchev–Trinajstić information content (AvgIpc) is 2.94. The second kappa shape index (κ2) is 10.5. The zero-order chi connectivity index (χ0) is 22.4. The van der Waals surface area contributed by atoms with E-state index in [0.29, 0.717) is 12.8 Å². The van der Waals surface area contributed by atoms with E-state index in [0.717, 1.165) is 11.1 Å². The van der Waals surface area contributed by atoms with Crippen LogP contribution in [0.5, 0.6) is 0 Å². The summed E-state index contributed by atoms with van der Waals surface area (Å²) in [5, 5.41) is 18.4. The third kappa shape index (κ3) is 5.79. The summed E-state index contributed by atoms with van der Waals surface area (Å²) in [5.41, 5.74) is 1.60. The zero-order valence-electron chi connectivity index (χ0n) is 17.8. The molecular formula is C22H30O8. The lowest BCUT2D eigenvalue weighted by Gasteiger charge is -2.30. The van der Waals surface area contributed by atoms with Crippen LogP contribution < -0.4 is 0 Å². The van der Waals surface area contributed by atoms with Gasteiger partial charge in [0, 0.05) is 19.8 Å². The van der Waals surface area contributed by atoms with Crippen LogP contribution in [-0.4, -0.2) is 59.6 Å². The van der Waals surface area contributed by atoms with Crippen LogP contribution in [0, 0.1) is 11.8 Å². The SMILES string of the molecule is CC(=O)OC1CC=C(C)CC(OC(=O)C(=CCO)CO)C2C(C=C1C)OC(=O)C2C. The molecule has 0 saturated carbocycles. The Morgan fingerprint density at radius 1 is 1.27 bits per heavy atom. The van der Waals surface area contributed by atoms with Crippen molar-refractivity contribution in [3.05, 3.63) is 34.9 Å². The van der Waals surface area contributed by atoms with Gasteiger partial charge in [-0.05, 0) is 31.6 Å². The molecular weight excluding hydrogens is 392 g/mol. The average molecular weight is 422 g/mol. The van der Waals surface area contributed by atoms with Crippen LogP contribution >= 0.6 is 0 Å². The molecule has 1 heterocycles. The lowest BCUT2D eigenvalue weighted by molar-refractivity contribution is -0.149. The van der Waals surface area contributed by atoms with E-state index in [4.69, 9.17) is 19.3 Å². The van der Waals surface area contributed by atoms with Crippen LogP contribution in [0.25, 0.3) is 0 Å². The first-order valence-corrected chi connectivity index (χ1v) is 10.0. The molecule has 1 aliphatic heterocycles. The smallest absolute Gasteiger partial charge is 0.336 e. The van der Waals surface area contributed by atoms with Gasteiger partial charge in [-0.3, -0.25) is 9.59 Å². The molecule has 0 spiro atoms. The van der Waals surface area contributed by atoms with Crippen molar-refractivity contribution in [2.75, 3.05) is 13.2 Å². The molecule has 2 rings (SSSR count). The summed E-state index contributed by atoms with van der Waals surface area (Å²) in [5.74, 6) is -2.51. The van der Waals surface area contributed by atoms with E-state index in [2.05, 4.69) is 0 Å². The van der Waals surface area contributed by atoms with Gasteiger partial charge in [-0.1, -0.05) is 18.6 Å². The Morgan fingerprint density at radius 2 is 1.97 bits per heavy atom. The molecule has 2 aliphatic rings. The number of ether oxygens (including phenoxy) is 3. The van der Waals surface area contributed by atoms with Gasteiger partial charge in [-0.25, -0.2) is 4.79 Å². The molecule has 8 nitrogen and oxygen atoms in total. The normalized spacial score (nSPS) is 29.9. The summed E-state index contributed by atoms with van der Waals surface area (Å²) in [7, 11) is 0. The number of aliphatic hydroxyl groups excluding tert-OH is 2. The van der Waals surface area contributed by atoms with Crippen LogP contribution in [0.4, 0.5) is 0 Å². The first kappa shape index (κ1) is 23.8. The van der Waals surface area contributed by atoms with E-state index >= 15 is 0 Å². The van der Waals surface area contributed by atoms with E-state index in [1.165, 1.54) is 13.0 Å². The van der Waals surface area contributed by atoms with Gasteiger partial charge in [-0.15, -0.1) is 0 Å². The van der Waals surface area contributed by atoms with Gasteiger partial charge in [0.25, 0.3) is 0 Å². The summed E-state index contributed by atoms with van der Waals surface area (Å²) in [4.78, 5) is 36.3. The highest BCUT2D eigenvalue weighted by Gasteiger charge is 2.47. The fourth-order valence-corrected chi connectivity index (χ4v) is 3.84. The molecule has 5 unspecified atom stereocenters. The predicted molar refractivity (Wildman–Crippen MR) is 107 cm³/mol. The predicted octanol–water partition coefficient (Wildman–Crippen LogP) is 1.60. The van der Waals surface area contributed by atoms with Crippen molar-refractivity contribution in [3.63, 3.8) is 0 Å². The Bertz CT molecular complexity index is 763. The number of rotatable bonds is 5. The molecule has 0 amide bonds. The Kier molecular flexibility index (Phi) is 8.37. The van der Waals surface area contributed by atoms with Gasteiger partial charge in [-0.2, -0.15) is 0 Å². The van der Waals surface area contributed by atoms with Gasteiger partial charge < -0.3 is 24.4 Å². The molecule has 1 saturated heterocycles. The van der Waals surface area contributed by atoms with E-state index in [1.807, 2.05) is 13.0 Å². The molecule has 1 aliphatic carbocycles. The Morgan fingerprint density at radius 3 is 2.57 bits per heavy atom. The largest absolute Gasteiger partial charge is 0.458 e. The Balaban J connectivity index is 2.41. The lowest BCUT2D eigenvalue weighted by Crippen LogP contribution is -2.37. The molecule has 2 N–H and O–H groups in total. The Labute approximate surface area is 176 Å². The maximum atomic E-state index is 12.5. The van der Waals surface area contributed by atoms with Crippen molar-refractivity contribution in [2.24, 2.45) is 11.8 Å². The van der Waals surface area contributed by atoms with Crippen LogP contribution in [0.1, 0.15) is 40.5 Å². The minimum absolute atomic E-state index is 0.0488. The molecule has 0 aromatic carbocycles. The molecule has 5 atom stereocenters. The van der Waals surface area contributed by atoms with Crippen molar-refractivity contribution in [2.45, 2.75) is 58.8 Å². The number of hydrogen-bond donors (Lipinski definition) is 2. The van der Waals surface area contributed by atoms with Crippen molar-refractivity contribution in [1.82, 2.24) is 0 Å². The highest BCUT2D eigenvalue weighted by Crippen LogP contribution is 2.37. The molecule has 0 aromatic rings. The summed E-state index contributed by atoms with van der Waals surface area (Å²) in [6, 6.07) is 0. The van der Waals surface area contributed by atoms with E-state index in [9.17, 15) is 19.5 Å². The summed E-state index contributed by atoms with van der Waals surface area (Å²) in [6.45, 7) is 5.78. The first-order valence-electron chi connectivity index (χ1n) is 10.0. The maximum Gasteiger partial charge on any atom is 0.336 e. The number of hydrogen-bond acceptors (Lipinski definition) is 8. The topological polar surface area (TPSA) is 119 Å². The highest BCUT2D eigenvalue weighted by molar-refractivity contribution is 5.89. The van der Waals surface area contributed by atoms with Crippen LogP contribution in [0.2, 0.25) is 0 Å². The fraction of sp³-hybridized carbons (Fsp3) is 0.591. The second-order valence-corrected chi connectivity index (χ2v) is 7.78. The van der Waals surface area contributed by atoms with Crippen LogP contribution in [0.3, 0.4) is 0 Å². The van der Waals surface area contributed by atoms with E-state index < -0.39 is 61.3 Å². The zero-order valence-corrected chi connectivity index (χ0v) is 17.8. The molecule has 30 heavy (non-hydrogen) atoms. The number of esters is 3. The van der Waals surface area contributed by atoms with Crippen molar-refractivity contribution in [3.8, 4) is 0 Å². The van der Waals surface area contributed by atoms with E-state index in [1.54, 1.807) is 19.9 Å². The summed E-state index contributed by atoms with van der Waals surface area (Å²) < 4.78 is 16.7. The van der Waals surface area contributed by atoms with Crippen LogP contribution in [0.15, 0.2) is 34.9 Å². The molecule has 0 radical (unpaired) electrons. The molecule has 1 fully saturated rings. The third-order valence-electron chi connectivity index (χ3n) is 5.49. The highest BCUT2D eigenvalue weighted by atomic mass is 16.6.